The van der Waals surface area contributed by atoms with E-state index in [-0.39, 0.29) is 23.7 Å². The number of halogens is 1. The van der Waals surface area contributed by atoms with Gasteiger partial charge in [0.2, 0.25) is 0 Å². The van der Waals surface area contributed by atoms with Crippen molar-refractivity contribution in [3.8, 4) is 5.69 Å². The van der Waals surface area contributed by atoms with E-state index in [0.29, 0.717) is 17.1 Å². The van der Waals surface area contributed by atoms with E-state index in [2.05, 4.69) is 5.10 Å². The predicted octanol–water partition coefficient (Wildman–Crippen LogP) is 2.44. The molecule has 3 aromatic rings. The lowest BCUT2D eigenvalue weighted by Gasteiger charge is -2.02. The molecule has 2 aromatic carbocycles. The zero-order valence-corrected chi connectivity index (χ0v) is 12.7. The van der Waals surface area contributed by atoms with Crippen LogP contribution in [0.5, 0.6) is 0 Å². The van der Waals surface area contributed by atoms with Gasteiger partial charge in [-0.3, -0.25) is 10.1 Å². The maximum absolute atomic E-state index is 13.0. The van der Waals surface area contributed by atoms with Crippen LogP contribution in [0.4, 0.5) is 10.1 Å². The lowest BCUT2D eigenvalue weighted by atomic mass is 10.2. The fourth-order valence-electron chi connectivity index (χ4n) is 2.40. The first-order valence-electron chi connectivity index (χ1n) is 7.11. The molecule has 0 N–H and O–H groups in total. The van der Waals surface area contributed by atoms with Crippen molar-refractivity contribution in [2.24, 2.45) is 0 Å². The molecule has 0 bridgehead atoms. The second-order valence-electron chi connectivity index (χ2n) is 5.22. The number of nitro benzene ring substituents is 1. The Morgan fingerprint density at radius 2 is 1.75 bits per heavy atom. The number of aryl methyl sites for hydroxylation is 1. The molecule has 1 heterocycles. The van der Waals surface area contributed by atoms with Crippen LogP contribution in [0.15, 0.2) is 53.3 Å². The largest absolute Gasteiger partial charge is 0.350 e. The zero-order valence-electron chi connectivity index (χ0n) is 12.7. The van der Waals surface area contributed by atoms with Crippen molar-refractivity contribution < 1.29 is 9.31 Å². The lowest BCUT2D eigenvalue weighted by Crippen LogP contribution is -2.24. The van der Waals surface area contributed by atoms with E-state index in [1.807, 2.05) is 0 Å². The average Bonchev–Trinajstić information content (AvgIpc) is 2.83. The first-order chi connectivity index (χ1) is 11.5. The number of nitrogens with zero attached hydrogens (tertiary/aromatic N) is 4. The van der Waals surface area contributed by atoms with E-state index in [9.17, 15) is 19.3 Å². The summed E-state index contributed by atoms with van der Waals surface area (Å²) in [7, 11) is 0. The molecule has 0 fully saturated rings. The maximum atomic E-state index is 13.0. The predicted molar refractivity (Wildman–Crippen MR) is 84.7 cm³/mol. The van der Waals surface area contributed by atoms with E-state index >= 15 is 0 Å². The van der Waals surface area contributed by atoms with Gasteiger partial charge in [-0.25, -0.2) is 18.4 Å². The fourth-order valence-corrected chi connectivity index (χ4v) is 2.40. The van der Waals surface area contributed by atoms with Crippen LogP contribution in [0.3, 0.4) is 0 Å². The first-order valence-corrected chi connectivity index (χ1v) is 7.11. The second kappa shape index (κ2) is 6.07. The van der Waals surface area contributed by atoms with E-state index in [1.165, 1.54) is 45.6 Å². The number of nitro groups is 1. The van der Waals surface area contributed by atoms with Gasteiger partial charge in [0, 0.05) is 12.1 Å². The topological polar surface area (TPSA) is 83.0 Å². The van der Waals surface area contributed by atoms with E-state index in [4.69, 9.17) is 0 Å². The molecule has 1 aromatic heterocycles. The van der Waals surface area contributed by atoms with Crippen LogP contribution in [-0.2, 0) is 6.54 Å². The van der Waals surface area contributed by atoms with Crippen molar-refractivity contribution in [1.82, 2.24) is 14.3 Å². The summed E-state index contributed by atoms with van der Waals surface area (Å²) >= 11 is 0. The smallest absolute Gasteiger partial charge is 0.258 e. The number of rotatable bonds is 4. The maximum Gasteiger partial charge on any atom is 0.350 e. The summed E-state index contributed by atoms with van der Waals surface area (Å²) in [5.74, 6) is 0.0799. The summed E-state index contributed by atoms with van der Waals surface area (Å²) in [6.45, 7) is 1.86. The third-order valence-corrected chi connectivity index (χ3v) is 3.57. The molecule has 0 radical (unpaired) electrons. The van der Waals surface area contributed by atoms with Crippen LogP contribution in [0.1, 0.15) is 11.4 Å². The Balaban J connectivity index is 1.93. The van der Waals surface area contributed by atoms with Crippen molar-refractivity contribution in [1.29, 1.82) is 0 Å². The molecule has 3 rings (SSSR count). The fraction of sp³-hybridized carbons (Fsp3) is 0.125. The van der Waals surface area contributed by atoms with E-state index in [0.717, 1.165) is 0 Å². The minimum Gasteiger partial charge on any atom is -0.258 e. The van der Waals surface area contributed by atoms with Gasteiger partial charge < -0.3 is 0 Å². The molecule has 0 aliphatic heterocycles. The number of non-ortho nitro benzene ring substituents is 1. The molecule has 122 valence electrons. The Bertz CT molecular complexity index is 943. The highest BCUT2D eigenvalue weighted by molar-refractivity contribution is 5.34. The van der Waals surface area contributed by atoms with Gasteiger partial charge in [0.05, 0.1) is 17.2 Å². The number of aromatic nitrogens is 3. The third-order valence-electron chi connectivity index (χ3n) is 3.57. The van der Waals surface area contributed by atoms with Gasteiger partial charge in [-0.15, -0.1) is 0 Å². The lowest BCUT2D eigenvalue weighted by molar-refractivity contribution is -0.384. The molecule has 8 heteroatoms. The minimum atomic E-state index is -0.483. The molecule has 0 aliphatic rings. The molecule has 0 saturated carbocycles. The molecule has 0 atom stereocenters. The van der Waals surface area contributed by atoms with E-state index in [1.54, 1.807) is 19.1 Å². The van der Waals surface area contributed by atoms with Gasteiger partial charge in [0.1, 0.15) is 11.6 Å². The SMILES string of the molecule is Cc1nn(Cc2ccc([N+](=O)[O-])cc2)c(=O)n1-c1ccc(F)cc1. The van der Waals surface area contributed by atoms with Gasteiger partial charge in [-0.05, 0) is 36.8 Å². The molecule has 0 amide bonds. The Morgan fingerprint density at radius 3 is 2.33 bits per heavy atom. The number of hydrogen-bond acceptors (Lipinski definition) is 4. The van der Waals surface area contributed by atoms with Crippen LogP contribution in [0.25, 0.3) is 5.69 Å². The Kier molecular flexibility index (Phi) is 3.95. The quantitative estimate of drug-likeness (QED) is 0.544. The highest BCUT2D eigenvalue weighted by Gasteiger charge is 2.13. The standard InChI is InChI=1S/C16H13FN4O3/c1-11-18-19(10-12-2-6-15(7-3-12)21(23)24)16(22)20(11)14-8-4-13(17)5-9-14/h2-9H,10H2,1H3. The summed E-state index contributed by atoms with van der Waals surface area (Å²) in [6.07, 6.45) is 0. The Labute approximate surface area is 135 Å². The molecule has 0 unspecified atom stereocenters. The summed E-state index contributed by atoms with van der Waals surface area (Å²) in [6, 6.07) is 11.5. The monoisotopic (exact) mass is 328 g/mol. The van der Waals surface area contributed by atoms with E-state index < -0.39 is 4.92 Å². The van der Waals surface area contributed by atoms with Crippen molar-refractivity contribution in [3.63, 3.8) is 0 Å². The van der Waals surface area contributed by atoms with Crippen molar-refractivity contribution in [2.45, 2.75) is 13.5 Å². The molecule has 24 heavy (non-hydrogen) atoms. The highest BCUT2D eigenvalue weighted by Crippen LogP contribution is 2.13. The number of benzene rings is 2. The van der Waals surface area contributed by atoms with Crippen LogP contribution in [0, 0.1) is 22.9 Å². The summed E-state index contributed by atoms with van der Waals surface area (Å²) in [5, 5.41) is 14.9. The number of hydrogen-bond donors (Lipinski definition) is 0. The Morgan fingerprint density at radius 1 is 1.12 bits per heavy atom. The first kappa shape index (κ1) is 15.6. The summed E-state index contributed by atoms with van der Waals surface area (Å²) in [5.41, 5.74) is 0.858. The highest BCUT2D eigenvalue weighted by atomic mass is 19.1. The third kappa shape index (κ3) is 2.94. The van der Waals surface area contributed by atoms with Crippen molar-refractivity contribution in [2.75, 3.05) is 0 Å². The molecule has 0 aliphatic carbocycles. The molecule has 0 spiro atoms. The molecular weight excluding hydrogens is 315 g/mol. The van der Waals surface area contributed by atoms with Crippen LogP contribution in [-0.4, -0.2) is 19.3 Å². The minimum absolute atomic E-state index is 0.0147. The van der Waals surface area contributed by atoms with Gasteiger partial charge in [0.15, 0.2) is 0 Å². The van der Waals surface area contributed by atoms with Gasteiger partial charge in [-0.2, -0.15) is 5.10 Å². The van der Waals surface area contributed by atoms with Gasteiger partial charge in [-0.1, -0.05) is 12.1 Å². The van der Waals surface area contributed by atoms with Crippen LogP contribution in [0.2, 0.25) is 0 Å². The van der Waals surface area contributed by atoms with Gasteiger partial charge >= 0.3 is 5.69 Å². The second-order valence-corrected chi connectivity index (χ2v) is 5.22. The normalized spacial score (nSPS) is 10.8. The zero-order chi connectivity index (χ0) is 17.3. The Hall–Kier alpha value is -3.29. The van der Waals surface area contributed by atoms with Crippen molar-refractivity contribution >= 4 is 5.69 Å². The summed E-state index contributed by atoms with van der Waals surface area (Å²) in [4.78, 5) is 22.7. The molecule has 7 nitrogen and oxygen atoms in total. The van der Waals surface area contributed by atoms with Gasteiger partial charge in [0.25, 0.3) is 5.69 Å². The molecule has 0 saturated heterocycles. The van der Waals surface area contributed by atoms with Crippen LogP contribution < -0.4 is 5.69 Å². The summed E-state index contributed by atoms with van der Waals surface area (Å²) < 4.78 is 15.7. The molecular formula is C16H13FN4O3. The average molecular weight is 328 g/mol. The van der Waals surface area contributed by atoms with Crippen molar-refractivity contribution in [3.05, 3.63) is 86.3 Å². The van der Waals surface area contributed by atoms with Crippen LogP contribution >= 0.6 is 0 Å².